The highest BCUT2D eigenvalue weighted by molar-refractivity contribution is 6.16. The second-order valence-corrected chi connectivity index (χ2v) is 4.68. The van der Waals surface area contributed by atoms with E-state index in [1.54, 1.807) is 0 Å². The van der Waals surface area contributed by atoms with Gasteiger partial charge in [-0.15, -0.1) is 0 Å². The average molecular weight is 256 g/mol. The second-order valence-electron chi connectivity index (χ2n) is 4.68. The predicted octanol–water partition coefficient (Wildman–Crippen LogP) is -1.92. The molecular weight excluding hydrogens is 240 g/mol. The van der Waals surface area contributed by atoms with Gasteiger partial charge in [0.1, 0.15) is 0 Å². The first kappa shape index (κ1) is 13.0. The topological polar surface area (TPSA) is 93.7 Å². The number of fused-ring (bicyclic) bond motifs is 2. The summed E-state index contributed by atoms with van der Waals surface area (Å²) in [5.74, 6) is -1.66. The lowest BCUT2D eigenvalue weighted by atomic mass is 9.63. The Labute approximate surface area is 104 Å². The normalized spacial score (nSPS) is 34.9. The summed E-state index contributed by atoms with van der Waals surface area (Å²) in [7, 11) is 2.46. The Bertz CT molecular complexity index is 362. The zero-order chi connectivity index (χ0) is 13.4. The average Bonchev–Trinajstić information content (AvgIpc) is 2.37. The Morgan fingerprint density at radius 1 is 0.944 bits per heavy atom. The van der Waals surface area contributed by atoms with E-state index in [1.807, 2.05) is 0 Å². The van der Waals surface area contributed by atoms with Crippen LogP contribution in [0.1, 0.15) is 0 Å². The van der Waals surface area contributed by atoms with Crippen LogP contribution in [0.25, 0.3) is 0 Å². The fraction of sp³-hybridized carbons (Fsp3) is 0.727. The number of ketones is 1. The van der Waals surface area contributed by atoms with Crippen molar-refractivity contribution in [2.45, 2.75) is 0 Å². The van der Waals surface area contributed by atoms with E-state index in [9.17, 15) is 14.4 Å². The van der Waals surface area contributed by atoms with Crippen LogP contribution in [0, 0.1) is 10.8 Å². The molecular formula is C11H16N2O5. The van der Waals surface area contributed by atoms with E-state index in [4.69, 9.17) is 9.47 Å². The highest BCUT2D eigenvalue weighted by Crippen LogP contribution is 2.38. The third kappa shape index (κ3) is 1.47. The molecule has 0 spiro atoms. The van der Waals surface area contributed by atoms with Gasteiger partial charge in [0.2, 0.25) is 0 Å². The van der Waals surface area contributed by atoms with Crippen LogP contribution in [0.2, 0.25) is 0 Å². The molecule has 0 aromatic rings. The van der Waals surface area contributed by atoms with Gasteiger partial charge in [0, 0.05) is 26.2 Å². The maximum atomic E-state index is 12.6. The zero-order valence-electron chi connectivity index (χ0n) is 10.4. The van der Waals surface area contributed by atoms with Crippen LogP contribution >= 0.6 is 0 Å². The first-order chi connectivity index (χ1) is 8.53. The summed E-state index contributed by atoms with van der Waals surface area (Å²) >= 11 is 0. The predicted molar refractivity (Wildman–Crippen MR) is 59.6 cm³/mol. The molecule has 0 amide bonds. The molecule has 0 aliphatic carbocycles. The van der Waals surface area contributed by atoms with Crippen molar-refractivity contribution in [2.24, 2.45) is 10.8 Å². The molecule has 18 heavy (non-hydrogen) atoms. The van der Waals surface area contributed by atoms with Crippen LogP contribution in [0.3, 0.4) is 0 Å². The van der Waals surface area contributed by atoms with Gasteiger partial charge in [-0.05, 0) is 0 Å². The third-order valence-corrected chi connectivity index (χ3v) is 3.73. The number of nitrogens with one attached hydrogen (secondary N) is 2. The van der Waals surface area contributed by atoms with Gasteiger partial charge < -0.3 is 20.1 Å². The van der Waals surface area contributed by atoms with Crippen LogP contribution in [-0.4, -0.2) is 58.1 Å². The number of hydrogen-bond acceptors (Lipinski definition) is 7. The van der Waals surface area contributed by atoms with E-state index in [0.29, 0.717) is 0 Å². The summed E-state index contributed by atoms with van der Waals surface area (Å²) < 4.78 is 9.41. The minimum atomic E-state index is -1.33. The van der Waals surface area contributed by atoms with E-state index in [-0.39, 0.29) is 26.2 Å². The molecule has 7 heteroatoms. The molecule has 7 nitrogen and oxygen atoms in total. The lowest BCUT2D eigenvalue weighted by molar-refractivity contribution is -0.174. The molecule has 2 heterocycles. The molecule has 2 aliphatic rings. The highest BCUT2D eigenvalue weighted by Gasteiger charge is 2.64. The van der Waals surface area contributed by atoms with Crippen molar-refractivity contribution >= 4 is 17.7 Å². The molecule has 0 aromatic heterocycles. The number of rotatable bonds is 2. The van der Waals surface area contributed by atoms with Crippen molar-refractivity contribution in [2.75, 3.05) is 40.4 Å². The zero-order valence-corrected chi connectivity index (χ0v) is 10.4. The number of piperidine rings is 2. The van der Waals surface area contributed by atoms with E-state index in [2.05, 4.69) is 10.6 Å². The smallest absolute Gasteiger partial charge is 0.322 e. The molecule has 0 atom stereocenters. The fourth-order valence-electron chi connectivity index (χ4n) is 2.75. The molecule has 0 aromatic carbocycles. The van der Waals surface area contributed by atoms with Gasteiger partial charge in [0.15, 0.2) is 16.6 Å². The summed E-state index contributed by atoms with van der Waals surface area (Å²) in [6, 6.07) is 0. The van der Waals surface area contributed by atoms with Gasteiger partial charge in [0.25, 0.3) is 0 Å². The van der Waals surface area contributed by atoms with Gasteiger partial charge in [0.05, 0.1) is 14.2 Å². The Hall–Kier alpha value is -1.47. The molecule has 2 saturated heterocycles. The number of hydrogen-bond donors (Lipinski definition) is 2. The Morgan fingerprint density at radius 3 is 1.56 bits per heavy atom. The van der Waals surface area contributed by atoms with Crippen molar-refractivity contribution in [1.82, 2.24) is 10.6 Å². The molecule has 0 radical (unpaired) electrons. The van der Waals surface area contributed by atoms with Gasteiger partial charge in [-0.25, -0.2) is 0 Å². The molecule has 2 N–H and O–H groups in total. The van der Waals surface area contributed by atoms with Crippen molar-refractivity contribution < 1.29 is 23.9 Å². The maximum absolute atomic E-state index is 12.6. The largest absolute Gasteiger partial charge is 0.468 e. The summed E-state index contributed by atoms with van der Waals surface area (Å²) in [5.41, 5.74) is -2.67. The number of carbonyl (C=O) groups excluding carboxylic acids is 3. The number of Topliss-reactive ketones (excluding diaryl/α,β-unsaturated/α-hetero) is 1. The molecule has 2 fully saturated rings. The van der Waals surface area contributed by atoms with Gasteiger partial charge >= 0.3 is 11.9 Å². The minimum absolute atomic E-state index is 0.171. The number of ether oxygens (including phenoxy) is 2. The SMILES string of the molecule is COC(=O)C12CNCC(C(=O)OC)(CNC1)C2=O. The first-order valence-electron chi connectivity index (χ1n) is 5.67. The van der Waals surface area contributed by atoms with E-state index < -0.39 is 28.6 Å². The number of carbonyl (C=O) groups is 3. The van der Waals surface area contributed by atoms with Gasteiger partial charge in [-0.3, -0.25) is 14.4 Å². The van der Waals surface area contributed by atoms with E-state index in [1.165, 1.54) is 14.2 Å². The summed E-state index contributed by atoms with van der Waals surface area (Å²) in [6.45, 7) is 0.684. The van der Waals surface area contributed by atoms with Gasteiger partial charge in [-0.2, -0.15) is 0 Å². The highest BCUT2D eigenvalue weighted by atomic mass is 16.5. The Morgan fingerprint density at radius 2 is 1.28 bits per heavy atom. The van der Waals surface area contributed by atoms with E-state index >= 15 is 0 Å². The summed E-state index contributed by atoms with van der Waals surface area (Å²) in [5, 5.41) is 5.93. The van der Waals surface area contributed by atoms with E-state index in [0.717, 1.165) is 0 Å². The summed E-state index contributed by atoms with van der Waals surface area (Å²) in [4.78, 5) is 36.3. The number of methoxy groups -OCH3 is 2. The number of esters is 2. The molecule has 0 saturated carbocycles. The van der Waals surface area contributed by atoms with Crippen molar-refractivity contribution in [3.05, 3.63) is 0 Å². The minimum Gasteiger partial charge on any atom is -0.468 e. The van der Waals surface area contributed by atoms with Crippen molar-refractivity contribution in [3.8, 4) is 0 Å². The lowest BCUT2D eigenvalue weighted by Gasteiger charge is -2.47. The molecule has 2 bridgehead atoms. The third-order valence-electron chi connectivity index (χ3n) is 3.73. The van der Waals surface area contributed by atoms with Crippen molar-refractivity contribution in [3.63, 3.8) is 0 Å². The molecule has 2 aliphatic heterocycles. The Balaban J connectivity index is 2.44. The standard InChI is InChI=1S/C11H16N2O5/c1-17-8(15)10-3-12-5-11(7(10)14,6-13-4-10)9(16)18-2/h12-13H,3-6H2,1-2H3. The van der Waals surface area contributed by atoms with Crippen LogP contribution in [0.5, 0.6) is 0 Å². The second kappa shape index (κ2) is 4.33. The molecule has 100 valence electrons. The van der Waals surface area contributed by atoms with Crippen molar-refractivity contribution in [1.29, 1.82) is 0 Å². The quantitative estimate of drug-likeness (QED) is 0.439. The molecule has 0 unspecified atom stereocenters. The summed E-state index contributed by atoms with van der Waals surface area (Å²) in [6.07, 6.45) is 0. The first-order valence-corrected chi connectivity index (χ1v) is 5.67. The fourth-order valence-corrected chi connectivity index (χ4v) is 2.75. The Kier molecular flexibility index (Phi) is 3.12. The van der Waals surface area contributed by atoms with Crippen LogP contribution in [0.15, 0.2) is 0 Å². The monoisotopic (exact) mass is 256 g/mol. The van der Waals surface area contributed by atoms with Gasteiger partial charge in [-0.1, -0.05) is 0 Å². The maximum Gasteiger partial charge on any atom is 0.322 e. The van der Waals surface area contributed by atoms with Crippen LogP contribution < -0.4 is 10.6 Å². The van der Waals surface area contributed by atoms with Crippen LogP contribution in [0.4, 0.5) is 0 Å². The molecule has 2 rings (SSSR count). The lowest BCUT2D eigenvalue weighted by Crippen LogP contribution is -2.73. The van der Waals surface area contributed by atoms with Crippen LogP contribution in [-0.2, 0) is 23.9 Å².